The van der Waals surface area contributed by atoms with E-state index >= 15 is 0 Å². The Morgan fingerprint density at radius 2 is 1.58 bits per heavy atom. The Kier molecular flexibility index (Phi) is 9.42. The zero-order valence-electron chi connectivity index (χ0n) is 12.5. The SMILES string of the molecule is CCCCCCCCCCCc1cnc(CCO)[nH]1. The fourth-order valence-corrected chi connectivity index (χ4v) is 2.39. The highest BCUT2D eigenvalue weighted by atomic mass is 16.3. The molecule has 1 rings (SSSR count). The number of aliphatic hydroxyl groups excluding tert-OH is 1. The van der Waals surface area contributed by atoms with E-state index in [2.05, 4.69) is 16.9 Å². The van der Waals surface area contributed by atoms with Crippen molar-refractivity contribution in [3.05, 3.63) is 17.7 Å². The number of imidazole rings is 1. The molecule has 0 bridgehead atoms. The molecule has 0 radical (unpaired) electrons. The van der Waals surface area contributed by atoms with Crippen molar-refractivity contribution in [1.82, 2.24) is 9.97 Å². The first-order valence-electron chi connectivity index (χ1n) is 8.00. The summed E-state index contributed by atoms with van der Waals surface area (Å²) in [6.07, 6.45) is 15.9. The zero-order valence-corrected chi connectivity index (χ0v) is 12.5. The van der Waals surface area contributed by atoms with Crippen molar-refractivity contribution in [2.75, 3.05) is 6.61 Å². The highest BCUT2D eigenvalue weighted by Gasteiger charge is 2.00. The van der Waals surface area contributed by atoms with Crippen LogP contribution in [0, 0.1) is 0 Å². The van der Waals surface area contributed by atoms with Gasteiger partial charge in [-0.1, -0.05) is 58.3 Å². The summed E-state index contributed by atoms with van der Waals surface area (Å²) in [5, 5.41) is 8.82. The molecule has 110 valence electrons. The first-order chi connectivity index (χ1) is 9.36. The summed E-state index contributed by atoms with van der Waals surface area (Å²) in [5.74, 6) is 0.911. The van der Waals surface area contributed by atoms with Gasteiger partial charge in [0.2, 0.25) is 0 Å². The molecule has 2 N–H and O–H groups in total. The zero-order chi connectivity index (χ0) is 13.8. The largest absolute Gasteiger partial charge is 0.396 e. The maximum atomic E-state index is 8.82. The van der Waals surface area contributed by atoms with Crippen molar-refractivity contribution in [3.8, 4) is 0 Å². The third-order valence-corrected chi connectivity index (χ3v) is 3.58. The predicted molar refractivity (Wildman–Crippen MR) is 80.3 cm³/mol. The predicted octanol–water partition coefficient (Wildman–Crippen LogP) is 4.02. The third kappa shape index (κ3) is 8.04. The summed E-state index contributed by atoms with van der Waals surface area (Å²) >= 11 is 0. The maximum Gasteiger partial charge on any atom is 0.108 e. The van der Waals surface area contributed by atoms with Gasteiger partial charge < -0.3 is 10.1 Å². The van der Waals surface area contributed by atoms with E-state index in [4.69, 9.17) is 5.11 Å². The van der Waals surface area contributed by atoms with Crippen LogP contribution in [0.5, 0.6) is 0 Å². The number of rotatable bonds is 12. The molecule has 0 atom stereocenters. The minimum absolute atomic E-state index is 0.172. The number of aliphatic hydroxyl groups is 1. The molecule has 0 saturated carbocycles. The van der Waals surface area contributed by atoms with E-state index in [9.17, 15) is 0 Å². The number of H-pyrrole nitrogens is 1. The minimum atomic E-state index is 0.172. The van der Waals surface area contributed by atoms with Gasteiger partial charge in [-0.05, 0) is 12.8 Å². The monoisotopic (exact) mass is 266 g/mol. The van der Waals surface area contributed by atoms with Gasteiger partial charge >= 0.3 is 0 Å². The Morgan fingerprint density at radius 1 is 0.947 bits per heavy atom. The molecule has 3 nitrogen and oxygen atoms in total. The average Bonchev–Trinajstić information content (AvgIpc) is 2.85. The minimum Gasteiger partial charge on any atom is -0.396 e. The lowest BCUT2D eigenvalue weighted by Gasteiger charge is -2.01. The van der Waals surface area contributed by atoms with Crippen LogP contribution in [0.4, 0.5) is 0 Å². The molecule has 0 fully saturated rings. The highest BCUT2D eigenvalue weighted by Crippen LogP contribution is 2.11. The fourth-order valence-electron chi connectivity index (χ4n) is 2.39. The van der Waals surface area contributed by atoms with E-state index in [0.29, 0.717) is 6.42 Å². The van der Waals surface area contributed by atoms with Crippen LogP contribution in [-0.4, -0.2) is 21.7 Å². The quantitative estimate of drug-likeness (QED) is 0.561. The van der Waals surface area contributed by atoms with Crippen LogP contribution in [0.1, 0.15) is 76.2 Å². The molecule has 3 heteroatoms. The lowest BCUT2D eigenvalue weighted by molar-refractivity contribution is 0.297. The number of aryl methyl sites for hydroxylation is 1. The highest BCUT2D eigenvalue weighted by molar-refractivity contribution is 5.01. The summed E-state index contributed by atoms with van der Waals surface area (Å²) in [5.41, 5.74) is 1.21. The molecular weight excluding hydrogens is 236 g/mol. The van der Waals surface area contributed by atoms with Crippen molar-refractivity contribution in [1.29, 1.82) is 0 Å². The Bertz CT molecular complexity index is 309. The number of nitrogens with zero attached hydrogens (tertiary/aromatic N) is 1. The molecule has 0 aromatic carbocycles. The summed E-state index contributed by atoms with van der Waals surface area (Å²) < 4.78 is 0. The van der Waals surface area contributed by atoms with Crippen molar-refractivity contribution >= 4 is 0 Å². The van der Waals surface area contributed by atoms with Crippen LogP contribution in [0.15, 0.2) is 6.20 Å². The summed E-state index contributed by atoms with van der Waals surface area (Å²) in [4.78, 5) is 7.52. The number of hydrogen-bond donors (Lipinski definition) is 2. The Balaban J connectivity index is 1.92. The molecule has 1 heterocycles. The third-order valence-electron chi connectivity index (χ3n) is 3.58. The standard InChI is InChI=1S/C16H30N2O/c1-2-3-4-5-6-7-8-9-10-11-15-14-17-16(18-15)12-13-19/h14,19H,2-13H2,1H3,(H,17,18). The average molecular weight is 266 g/mol. The van der Waals surface area contributed by atoms with Gasteiger partial charge in [0.05, 0.1) is 6.61 Å². The van der Waals surface area contributed by atoms with E-state index < -0.39 is 0 Å². The van der Waals surface area contributed by atoms with Crippen molar-refractivity contribution in [2.45, 2.75) is 77.6 Å². The van der Waals surface area contributed by atoms with E-state index in [1.807, 2.05) is 6.20 Å². The fraction of sp³-hybridized carbons (Fsp3) is 0.812. The van der Waals surface area contributed by atoms with Gasteiger partial charge in [-0.2, -0.15) is 0 Å². The number of unbranched alkanes of at least 4 members (excludes halogenated alkanes) is 8. The Hall–Kier alpha value is -0.830. The molecule has 19 heavy (non-hydrogen) atoms. The topological polar surface area (TPSA) is 48.9 Å². The van der Waals surface area contributed by atoms with E-state index in [1.54, 1.807) is 0 Å². The lowest BCUT2D eigenvalue weighted by Crippen LogP contribution is -1.93. The molecule has 0 aliphatic heterocycles. The van der Waals surface area contributed by atoms with E-state index in [1.165, 1.54) is 63.5 Å². The molecule has 0 spiro atoms. The van der Waals surface area contributed by atoms with Crippen molar-refractivity contribution < 1.29 is 5.11 Å². The Labute approximate surface area is 117 Å². The molecule has 0 saturated heterocycles. The van der Waals surface area contributed by atoms with Crippen molar-refractivity contribution in [2.24, 2.45) is 0 Å². The van der Waals surface area contributed by atoms with E-state index in [-0.39, 0.29) is 6.61 Å². The van der Waals surface area contributed by atoms with Gasteiger partial charge in [0, 0.05) is 18.3 Å². The van der Waals surface area contributed by atoms with Crippen LogP contribution in [0.25, 0.3) is 0 Å². The first-order valence-corrected chi connectivity index (χ1v) is 8.00. The normalized spacial score (nSPS) is 11.1. The summed E-state index contributed by atoms with van der Waals surface area (Å²) in [6.45, 7) is 2.44. The molecule has 1 aromatic heterocycles. The lowest BCUT2D eigenvalue weighted by atomic mass is 10.1. The number of nitrogens with one attached hydrogen (secondary N) is 1. The smallest absolute Gasteiger partial charge is 0.108 e. The van der Waals surface area contributed by atoms with Gasteiger partial charge in [-0.25, -0.2) is 4.98 Å². The number of hydrogen-bond acceptors (Lipinski definition) is 2. The number of aromatic amines is 1. The van der Waals surface area contributed by atoms with Gasteiger partial charge in [-0.3, -0.25) is 0 Å². The van der Waals surface area contributed by atoms with Gasteiger partial charge in [0.1, 0.15) is 5.82 Å². The second-order valence-corrected chi connectivity index (χ2v) is 5.41. The van der Waals surface area contributed by atoms with Crippen LogP contribution < -0.4 is 0 Å². The summed E-state index contributed by atoms with van der Waals surface area (Å²) in [6, 6.07) is 0. The number of aromatic nitrogens is 2. The van der Waals surface area contributed by atoms with Gasteiger partial charge in [-0.15, -0.1) is 0 Å². The molecule has 0 aliphatic rings. The second kappa shape index (κ2) is 11.0. The van der Waals surface area contributed by atoms with Crippen LogP contribution in [0.2, 0.25) is 0 Å². The van der Waals surface area contributed by atoms with E-state index in [0.717, 1.165) is 12.2 Å². The molecule has 1 aromatic rings. The molecule has 0 aliphatic carbocycles. The molecule has 0 unspecified atom stereocenters. The summed E-state index contributed by atoms with van der Waals surface area (Å²) in [7, 11) is 0. The van der Waals surface area contributed by atoms with Gasteiger partial charge in [0.25, 0.3) is 0 Å². The Morgan fingerprint density at radius 3 is 2.21 bits per heavy atom. The molecular formula is C16H30N2O. The first kappa shape index (κ1) is 16.2. The van der Waals surface area contributed by atoms with Crippen LogP contribution in [-0.2, 0) is 12.8 Å². The second-order valence-electron chi connectivity index (χ2n) is 5.41. The maximum absolute atomic E-state index is 8.82. The molecule has 0 amide bonds. The van der Waals surface area contributed by atoms with Gasteiger partial charge in [0.15, 0.2) is 0 Å². The van der Waals surface area contributed by atoms with Crippen LogP contribution >= 0.6 is 0 Å². The van der Waals surface area contributed by atoms with Crippen molar-refractivity contribution in [3.63, 3.8) is 0 Å². The van der Waals surface area contributed by atoms with Crippen LogP contribution in [0.3, 0.4) is 0 Å².